The molecule has 16 heavy (non-hydrogen) atoms. The summed E-state index contributed by atoms with van der Waals surface area (Å²) >= 11 is 0. The van der Waals surface area contributed by atoms with Gasteiger partial charge in [0, 0.05) is 19.3 Å². The van der Waals surface area contributed by atoms with Crippen LogP contribution in [0.5, 0.6) is 0 Å². The van der Waals surface area contributed by atoms with Crippen LogP contribution < -0.4 is 5.32 Å². The van der Waals surface area contributed by atoms with E-state index in [1.54, 1.807) is 0 Å². The number of nitrogens with zero attached hydrogens (tertiary/aromatic N) is 2. The highest BCUT2D eigenvalue weighted by molar-refractivity contribution is 5.15. The molecule has 1 aromatic heterocycles. The molecule has 0 saturated heterocycles. The Morgan fingerprint density at radius 3 is 2.94 bits per heavy atom. The number of hydrogen-bond acceptors (Lipinski definition) is 2. The third-order valence-electron chi connectivity index (χ3n) is 3.87. The summed E-state index contributed by atoms with van der Waals surface area (Å²) in [6.07, 6.45) is 8.03. The molecule has 2 rings (SSSR count). The Kier molecular flexibility index (Phi) is 3.64. The first-order valence-corrected chi connectivity index (χ1v) is 6.44. The number of hydrogen-bond donors (Lipinski definition) is 1. The molecule has 1 heterocycles. The van der Waals surface area contributed by atoms with Gasteiger partial charge in [0.15, 0.2) is 0 Å². The van der Waals surface area contributed by atoms with E-state index >= 15 is 0 Å². The molecule has 1 N–H and O–H groups in total. The van der Waals surface area contributed by atoms with Crippen LogP contribution in [0.4, 0.5) is 0 Å². The van der Waals surface area contributed by atoms with Crippen LogP contribution in [0.25, 0.3) is 0 Å². The van der Waals surface area contributed by atoms with Crippen molar-refractivity contribution >= 4 is 0 Å². The maximum absolute atomic E-state index is 4.28. The first kappa shape index (κ1) is 11.6. The van der Waals surface area contributed by atoms with Crippen LogP contribution in [0.3, 0.4) is 0 Å². The summed E-state index contributed by atoms with van der Waals surface area (Å²) in [6, 6.07) is 0.699. The summed E-state index contributed by atoms with van der Waals surface area (Å²) in [4.78, 5) is 0. The van der Waals surface area contributed by atoms with Crippen LogP contribution in [-0.4, -0.2) is 22.4 Å². The van der Waals surface area contributed by atoms with Gasteiger partial charge in [-0.15, -0.1) is 0 Å². The Labute approximate surface area is 98.2 Å². The van der Waals surface area contributed by atoms with Crippen molar-refractivity contribution in [1.82, 2.24) is 15.1 Å². The van der Waals surface area contributed by atoms with Crippen LogP contribution in [-0.2, 0) is 7.05 Å². The zero-order chi connectivity index (χ0) is 11.5. The largest absolute Gasteiger partial charge is 0.314 e. The van der Waals surface area contributed by atoms with Gasteiger partial charge in [0.05, 0.1) is 6.20 Å². The van der Waals surface area contributed by atoms with Gasteiger partial charge >= 0.3 is 0 Å². The van der Waals surface area contributed by atoms with E-state index in [1.807, 2.05) is 17.9 Å². The van der Waals surface area contributed by atoms with E-state index in [1.165, 1.54) is 24.8 Å². The molecule has 0 bridgehead atoms. The quantitative estimate of drug-likeness (QED) is 0.845. The van der Waals surface area contributed by atoms with Gasteiger partial charge in [0.25, 0.3) is 0 Å². The van der Waals surface area contributed by atoms with E-state index in [0.717, 1.165) is 12.5 Å². The Morgan fingerprint density at radius 1 is 1.50 bits per heavy atom. The smallest absolute Gasteiger partial charge is 0.0524 e. The lowest BCUT2D eigenvalue weighted by Gasteiger charge is -2.20. The Morgan fingerprint density at radius 2 is 2.31 bits per heavy atom. The predicted molar refractivity (Wildman–Crippen MR) is 66.4 cm³/mol. The van der Waals surface area contributed by atoms with Crippen LogP contribution in [0, 0.1) is 5.92 Å². The van der Waals surface area contributed by atoms with E-state index < -0.39 is 0 Å². The molecule has 0 radical (unpaired) electrons. The van der Waals surface area contributed by atoms with Crippen LogP contribution in [0.1, 0.15) is 44.6 Å². The lowest BCUT2D eigenvalue weighted by Crippen LogP contribution is -2.32. The highest BCUT2D eigenvalue weighted by atomic mass is 15.2. The molecule has 0 spiro atoms. The molecule has 0 aliphatic heterocycles. The molecule has 0 amide bonds. The van der Waals surface area contributed by atoms with Gasteiger partial charge in [-0.3, -0.25) is 4.68 Å². The summed E-state index contributed by atoms with van der Waals surface area (Å²) in [5.74, 6) is 1.43. The van der Waals surface area contributed by atoms with Gasteiger partial charge in [-0.25, -0.2) is 0 Å². The molecule has 90 valence electrons. The molecular formula is C13H23N3. The van der Waals surface area contributed by atoms with Gasteiger partial charge in [-0.2, -0.15) is 5.10 Å². The maximum Gasteiger partial charge on any atom is 0.0524 e. The normalized spacial score (nSPS) is 29.8. The lowest BCUT2D eigenvalue weighted by molar-refractivity contribution is 0.404. The number of aryl methyl sites for hydroxylation is 1. The average molecular weight is 221 g/mol. The van der Waals surface area contributed by atoms with E-state index in [2.05, 4.69) is 30.5 Å². The monoisotopic (exact) mass is 221 g/mol. The summed E-state index contributed by atoms with van der Waals surface area (Å²) in [7, 11) is 2.00. The maximum atomic E-state index is 4.28. The molecule has 1 aliphatic carbocycles. The first-order valence-electron chi connectivity index (χ1n) is 6.44. The van der Waals surface area contributed by atoms with E-state index in [9.17, 15) is 0 Å². The van der Waals surface area contributed by atoms with Gasteiger partial charge in [-0.1, -0.05) is 13.8 Å². The zero-order valence-corrected chi connectivity index (χ0v) is 10.6. The van der Waals surface area contributed by atoms with Crippen molar-refractivity contribution in [1.29, 1.82) is 0 Å². The van der Waals surface area contributed by atoms with E-state index in [-0.39, 0.29) is 0 Å². The molecule has 3 nitrogen and oxygen atoms in total. The average Bonchev–Trinajstić information content (AvgIpc) is 2.83. The predicted octanol–water partition coefficient (Wildman–Crippen LogP) is 2.30. The summed E-state index contributed by atoms with van der Waals surface area (Å²) < 4.78 is 1.91. The van der Waals surface area contributed by atoms with E-state index in [0.29, 0.717) is 12.0 Å². The van der Waals surface area contributed by atoms with Crippen molar-refractivity contribution in [3.63, 3.8) is 0 Å². The Bertz CT molecular complexity index is 332. The van der Waals surface area contributed by atoms with Gasteiger partial charge in [-0.05, 0) is 43.2 Å². The highest BCUT2D eigenvalue weighted by Gasteiger charge is 2.33. The van der Waals surface area contributed by atoms with Crippen LogP contribution >= 0.6 is 0 Å². The second-order valence-electron chi connectivity index (χ2n) is 5.05. The molecular weight excluding hydrogens is 198 g/mol. The summed E-state index contributed by atoms with van der Waals surface area (Å²) in [5, 5.41) is 7.94. The van der Waals surface area contributed by atoms with Gasteiger partial charge in [0.1, 0.15) is 0 Å². The Balaban J connectivity index is 1.98. The molecule has 1 saturated carbocycles. The second kappa shape index (κ2) is 5.00. The van der Waals surface area contributed by atoms with Gasteiger partial charge in [0.2, 0.25) is 0 Å². The summed E-state index contributed by atoms with van der Waals surface area (Å²) in [6.45, 7) is 5.75. The van der Waals surface area contributed by atoms with Crippen LogP contribution in [0.15, 0.2) is 12.4 Å². The second-order valence-corrected chi connectivity index (χ2v) is 5.05. The minimum atomic E-state index is 0.697. The number of nitrogens with one attached hydrogen (secondary N) is 1. The summed E-state index contributed by atoms with van der Waals surface area (Å²) in [5.41, 5.74) is 1.41. The van der Waals surface area contributed by atoms with Crippen molar-refractivity contribution in [2.45, 2.75) is 45.1 Å². The zero-order valence-electron chi connectivity index (χ0n) is 10.6. The molecule has 0 aromatic carbocycles. The molecule has 3 heteroatoms. The third kappa shape index (κ3) is 2.29. The van der Waals surface area contributed by atoms with Crippen molar-refractivity contribution < 1.29 is 0 Å². The fourth-order valence-corrected chi connectivity index (χ4v) is 2.88. The van der Waals surface area contributed by atoms with Crippen molar-refractivity contribution in [3.05, 3.63) is 18.0 Å². The fraction of sp³-hybridized carbons (Fsp3) is 0.769. The standard InChI is InChI=1S/C13H23N3/c1-4-7-14-13-6-5-12(10(13)2)11-8-15-16(3)9-11/h8-10,12-14H,4-7H2,1-3H3. The van der Waals surface area contributed by atoms with E-state index in [4.69, 9.17) is 0 Å². The van der Waals surface area contributed by atoms with Crippen LogP contribution in [0.2, 0.25) is 0 Å². The van der Waals surface area contributed by atoms with Gasteiger partial charge < -0.3 is 5.32 Å². The molecule has 3 unspecified atom stereocenters. The topological polar surface area (TPSA) is 29.9 Å². The minimum Gasteiger partial charge on any atom is -0.314 e. The van der Waals surface area contributed by atoms with Crippen molar-refractivity contribution in [2.75, 3.05) is 6.54 Å². The lowest BCUT2D eigenvalue weighted by atomic mass is 9.91. The third-order valence-corrected chi connectivity index (χ3v) is 3.87. The molecule has 3 atom stereocenters. The molecule has 1 fully saturated rings. The Hall–Kier alpha value is -0.830. The first-order chi connectivity index (χ1) is 7.72. The number of aromatic nitrogens is 2. The van der Waals surface area contributed by atoms with Crippen molar-refractivity contribution in [3.8, 4) is 0 Å². The number of rotatable bonds is 4. The minimum absolute atomic E-state index is 0.697. The van der Waals surface area contributed by atoms with Crippen molar-refractivity contribution in [2.24, 2.45) is 13.0 Å². The molecule has 1 aliphatic rings. The highest BCUT2D eigenvalue weighted by Crippen LogP contribution is 2.39. The SMILES string of the molecule is CCCNC1CCC(c2cnn(C)c2)C1C. The fourth-order valence-electron chi connectivity index (χ4n) is 2.88. The molecule has 1 aromatic rings.